The van der Waals surface area contributed by atoms with Crippen LogP contribution in [0.1, 0.15) is 87.5 Å². The fourth-order valence-electron chi connectivity index (χ4n) is 4.28. The van der Waals surface area contributed by atoms with Gasteiger partial charge in [0.1, 0.15) is 0 Å². The number of nitrogens with two attached hydrogens (primary N) is 2. The van der Waals surface area contributed by atoms with E-state index in [0.29, 0.717) is 19.3 Å². The molecule has 0 aromatic heterocycles. The highest BCUT2D eigenvalue weighted by Gasteiger charge is 2.42. The molecule has 4 unspecified atom stereocenters. The maximum atomic E-state index is 8.61. The monoisotopic (exact) mass is 588 g/mol. The van der Waals surface area contributed by atoms with Crippen LogP contribution in [0.5, 0.6) is 0 Å². The minimum Gasteiger partial charge on any atom is -0.414 e. The molecular formula is C26H60N8O3Si2. The summed E-state index contributed by atoms with van der Waals surface area (Å²) in [5.41, 5.74) is 29.2. The molecule has 0 aliphatic heterocycles. The van der Waals surface area contributed by atoms with E-state index in [0.717, 1.165) is 26.4 Å². The molecular weight excluding hydrogens is 529 g/mol. The summed E-state index contributed by atoms with van der Waals surface area (Å²) in [6.07, 6.45) is 5.22. The van der Waals surface area contributed by atoms with Crippen molar-refractivity contribution >= 4 is 16.6 Å². The van der Waals surface area contributed by atoms with E-state index in [1.165, 1.54) is 0 Å². The third-order valence-electron chi connectivity index (χ3n) is 8.32. The van der Waals surface area contributed by atoms with Gasteiger partial charge in [-0.3, -0.25) is 0 Å². The summed E-state index contributed by atoms with van der Waals surface area (Å²) in [4.78, 5) is 5.76. The molecule has 0 aromatic carbocycles. The Morgan fingerprint density at radius 2 is 0.974 bits per heavy atom. The number of nitrogens with zero attached hydrogens (tertiary/aromatic N) is 6. The van der Waals surface area contributed by atoms with Gasteiger partial charge >= 0.3 is 0 Å². The number of azide groups is 2. The number of hydrogen-bond donors (Lipinski definition) is 3. The molecule has 0 aromatic rings. The molecule has 0 spiro atoms. The number of hydrogen-bond acceptors (Lipinski definition) is 7. The smallest absolute Gasteiger partial charge is 0.192 e. The average molecular weight is 589 g/mol. The highest BCUT2D eigenvalue weighted by atomic mass is 28.4. The Morgan fingerprint density at radius 1 is 0.667 bits per heavy atom. The van der Waals surface area contributed by atoms with E-state index in [4.69, 9.17) is 36.5 Å². The summed E-state index contributed by atoms with van der Waals surface area (Å²) < 4.78 is 12.7. The SMILES string of the molecule is C.CC(C)(C)[Si](C)(C)OC1CC(N)CC(N)C1.CC(C)(C)[Si](C)(C)OC1CC(N=[N+]=[N-])CC(N=[N+]=[N-])C1.CO. The molecule has 0 radical (unpaired) electrons. The fraction of sp³-hybridized carbons (Fsp3) is 1.00. The van der Waals surface area contributed by atoms with Crippen LogP contribution in [0, 0.1) is 0 Å². The van der Waals surface area contributed by atoms with E-state index in [1.54, 1.807) is 0 Å². The zero-order chi connectivity index (χ0) is 29.9. The fourth-order valence-corrected chi connectivity index (χ4v) is 7.04. The molecule has 230 valence electrons. The molecule has 0 bridgehead atoms. The molecule has 2 aliphatic rings. The van der Waals surface area contributed by atoms with Gasteiger partial charge in [-0.1, -0.05) is 59.2 Å². The highest BCUT2D eigenvalue weighted by Crippen LogP contribution is 2.40. The van der Waals surface area contributed by atoms with E-state index in [-0.39, 0.29) is 53.9 Å². The number of rotatable bonds is 6. The maximum Gasteiger partial charge on any atom is 0.192 e. The lowest BCUT2D eigenvalue weighted by molar-refractivity contribution is 0.118. The lowest BCUT2D eigenvalue weighted by atomic mass is 9.90. The Morgan fingerprint density at radius 3 is 1.26 bits per heavy atom. The predicted octanol–water partition coefficient (Wildman–Crippen LogP) is 7.38. The first kappa shape index (κ1) is 40.0. The minimum atomic E-state index is -1.87. The maximum absolute atomic E-state index is 8.61. The van der Waals surface area contributed by atoms with E-state index in [2.05, 4.69) is 87.8 Å². The predicted molar refractivity (Wildman–Crippen MR) is 169 cm³/mol. The summed E-state index contributed by atoms with van der Waals surface area (Å²) in [6, 6.07) is 0.162. The van der Waals surface area contributed by atoms with Gasteiger partial charge in [0.15, 0.2) is 16.6 Å². The second-order valence-corrected chi connectivity index (χ2v) is 23.2. The van der Waals surface area contributed by atoms with Gasteiger partial charge in [-0.05, 0) is 85.9 Å². The van der Waals surface area contributed by atoms with Gasteiger partial charge in [-0.2, -0.15) is 0 Å². The first-order valence-electron chi connectivity index (χ1n) is 13.7. The highest BCUT2D eigenvalue weighted by molar-refractivity contribution is 6.74. The quantitative estimate of drug-likeness (QED) is 0.126. The third kappa shape index (κ3) is 13.9. The van der Waals surface area contributed by atoms with Crippen molar-refractivity contribution in [3.63, 3.8) is 0 Å². The molecule has 13 heteroatoms. The molecule has 0 heterocycles. The second kappa shape index (κ2) is 17.0. The topological polar surface area (TPSA) is 188 Å². The first-order valence-corrected chi connectivity index (χ1v) is 19.5. The molecule has 4 atom stereocenters. The second-order valence-electron chi connectivity index (χ2n) is 13.7. The summed E-state index contributed by atoms with van der Waals surface area (Å²) in [7, 11) is -2.53. The van der Waals surface area contributed by atoms with E-state index >= 15 is 0 Å². The van der Waals surface area contributed by atoms with Crippen LogP contribution < -0.4 is 11.5 Å². The summed E-state index contributed by atoms with van der Waals surface area (Å²) in [6.45, 7) is 22.4. The molecule has 2 saturated carbocycles. The lowest BCUT2D eigenvalue weighted by Gasteiger charge is -2.42. The van der Waals surface area contributed by atoms with Crippen molar-refractivity contribution in [2.45, 2.75) is 160 Å². The van der Waals surface area contributed by atoms with Crippen LogP contribution in [-0.4, -0.2) is 65.2 Å². The molecule has 0 amide bonds. The largest absolute Gasteiger partial charge is 0.414 e. The third-order valence-corrected chi connectivity index (χ3v) is 17.4. The standard InChI is InChI=1S/C12H24N6OSi.C12H28N2OSi.CH4O.CH4/c1-12(2,3)20(4,5)19-11-7-9(15-17-13)6-10(8-11)16-18-14;1-12(2,3)16(4,5)15-11-7-9(13)6-10(14)8-11;1-2;/h9-11H,6-8H2,1-5H3;9-11H,6-8,13-14H2,1-5H3;2H,1H3;1H4. The molecule has 2 fully saturated rings. The molecule has 2 rings (SSSR count). The number of aliphatic hydroxyl groups excluding tert-OH is 1. The minimum absolute atomic E-state index is 0. The van der Waals surface area contributed by atoms with Crippen molar-refractivity contribution in [3.8, 4) is 0 Å². The molecule has 5 N–H and O–H groups in total. The molecule has 39 heavy (non-hydrogen) atoms. The lowest BCUT2D eigenvalue weighted by Crippen LogP contribution is -2.49. The van der Waals surface area contributed by atoms with Crippen LogP contribution in [0.4, 0.5) is 0 Å². The first-order chi connectivity index (χ1) is 17.3. The van der Waals surface area contributed by atoms with Gasteiger partial charge in [0, 0.05) is 53.3 Å². The van der Waals surface area contributed by atoms with Crippen molar-refractivity contribution in [2.24, 2.45) is 21.7 Å². The summed E-state index contributed by atoms with van der Waals surface area (Å²) >= 11 is 0. The Labute approximate surface area is 240 Å². The Hall–Kier alpha value is -1.15. The molecule has 0 saturated heterocycles. The van der Waals surface area contributed by atoms with Gasteiger partial charge in [-0.25, -0.2) is 0 Å². The van der Waals surface area contributed by atoms with Crippen molar-refractivity contribution in [3.05, 3.63) is 20.9 Å². The van der Waals surface area contributed by atoms with Gasteiger partial charge in [0.25, 0.3) is 0 Å². The van der Waals surface area contributed by atoms with Crippen LogP contribution in [0.2, 0.25) is 36.3 Å². The van der Waals surface area contributed by atoms with E-state index < -0.39 is 16.6 Å². The number of aliphatic hydroxyl groups is 1. The van der Waals surface area contributed by atoms with Crippen LogP contribution in [-0.2, 0) is 8.85 Å². The van der Waals surface area contributed by atoms with Crippen LogP contribution in [0.15, 0.2) is 10.2 Å². The van der Waals surface area contributed by atoms with Gasteiger partial charge in [-0.15, -0.1) is 0 Å². The molecule has 11 nitrogen and oxygen atoms in total. The van der Waals surface area contributed by atoms with E-state index in [1.807, 2.05) is 0 Å². The normalized spacial score (nSPS) is 27.6. The van der Waals surface area contributed by atoms with Gasteiger partial charge < -0.3 is 25.4 Å². The van der Waals surface area contributed by atoms with Crippen LogP contribution >= 0.6 is 0 Å². The van der Waals surface area contributed by atoms with Crippen LogP contribution in [0.3, 0.4) is 0 Å². The van der Waals surface area contributed by atoms with Gasteiger partial charge in [0.05, 0.1) is 0 Å². The Balaban J connectivity index is 0. The zero-order valence-corrected chi connectivity index (χ0v) is 27.8. The Bertz CT molecular complexity index is 768. The van der Waals surface area contributed by atoms with E-state index in [9.17, 15) is 0 Å². The van der Waals surface area contributed by atoms with Crippen molar-refractivity contribution in [1.29, 1.82) is 0 Å². The van der Waals surface area contributed by atoms with Crippen LogP contribution in [0.25, 0.3) is 20.9 Å². The van der Waals surface area contributed by atoms with Crippen molar-refractivity contribution in [2.75, 3.05) is 7.11 Å². The average Bonchev–Trinajstić information content (AvgIpc) is 2.73. The zero-order valence-electron chi connectivity index (χ0n) is 25.8. The summed E-state index contributed by atoms with van der Waals surface area (Å²) in [5.74, 6) is 0. The van der Waals surface area contributed by atoms with Crippen molar-refractivity contribution in [1.82, 2.24) is 0 Å². The van der Waals surface area contributed by atoms with Gasteiger partial charge in [0.2, 0.25) is 0 Å². The molecule has 2 aliphatic carbocycles. The Kier molecular flexibility index (Phi) is 17.4. The summed E-state index contributed by atoms with van der Waals surface area (Å²) in [5, 5.41) is 15.0. The van der Waals surface area contributed by atoms with Crippen molar-refractivity contribution < 1.29 is 14.0 Å².